The minimum atomic E-state index is -0.405. The van der Waals surface area contributed by atoms with Crippen LogP contribution in [0.1, 0.15) is 59.9 Å². The first-order valence-electron chi connectivity index (χ1n) is 10.6. The molecule has 1 aliphatic carbocycles. The largest absolute Gasteiger partial charge is 0.308 e. The zero-order valence-electron chi connectivity index (χ0n) is 17.8. The Labute approximate surface area is 174 Å². The van der Waals surface area contributed by atoms with Gasteiger partial charge in [0.05, 0.1) is 0 Å². The van der Waals surface area contributed by atoms with Crippen LogP contribution in [0.15, 0.2) is 54.0 Å². The van der Waals surface area contributed by atoms with Gasteiger partial charge in [-0.1, -0.05) is 61.0 Å². The van der Waals surface area contributed by atoms with Crippen molar-refractivity contribution in [3.63, 3.8) is 0 Å². The van der Waals surface area contributed by atoms with Gasteiger partial charge in [0, 0.05) is 12.1 Å². The van der Waals surface area contributed by atoms with Gasteiger partial charge < -0.3 is 4.90 Å². The Morgan fingerprint density at radius 1 is 1.00 bits per heavy atom. The Kier molecular flexibility index (Phi) is 5.16. The van der Waals surface area contributed by atoms with Gasteiger partial charge in [0.1, 0.15) is 11.4 Å². The van der Waals surface area contributed by atoms with Crippen LogP contribution in [0.25, 0.3) is 5.57 Å². The molecule has 3 nitrogen and oxygen atoms in total. The number of carbonyl (C=O) groups is 1. The number of benzene rings is 2. The molecule has 0 aromatic heterocycles. The molecule has 1 amide bonds. The summed E-state index contributed by atoms with van der Waals surface area (Å²) in [5.74, 6) is 0.0423. The van der Waals surface area contributed by atoms with Crippen molar-refractivity contribution in [2.45, 2.75) is 58.5 Å². The first-order valence-corrected chi connectivity index (χ1v) is 10.6. The minimum absolute atomic E-state index is 0.0423. The summed E-state index contributed by atoms with van der Waals surface area (Å²) >= 11 is 0. The fourth-order valence-corrected chi connectivity index (χ4v) is 4.49. The quantitative estimate of drug-likeness (QED) is 0.671. The van der Waals surface area contributed by atoms with E-state index < -0.39 is 5.66 Å². The third-order valence-electron chi connectivity index (χ3n) is 6.51. The van der Waals surface area contributed by atoms with Crippen LogP contribution >= 0.6 is 0 Å². The Balaban J connectivity index is 1.66. The Morgan fingerprint density at radius 3 is 2.34 bits per heavy atom. The van der Waals surface area contributed by atoms with Gasteiger partial charge in [-0.15, -0.1) is 0 Å². The predicted molar refractivity (Wildman–Crippen MR) is 120 cm³/mol. The van der Waals surface area contributed by atoms with Crippen LogP contribution in [0.5, 0.6) is 0 Å². The SMILES string of the molecule is C=C(CN1C(=O)C(c2ccc(C)cc2)=NC12CCCCC2)c1ccc(C)c(C)c1. The van der Waals surface area contributed by atoms with Crippen molar-refractivity contribution in [2.75, 3.05) is 6.54 Å². The lowest BCUT2D eigenvalue weighted by Crippen LogP contribution is -2.48. The fraction of sp³-hybridized carbons (Fsp3) is 0.385. The van der Waals surface area contributed by atoms with Crippen LogP contribution in [0, 0.1) is 20.8 Å². The normalized spacial score (nSPS) is 18.2. The van der Waals surface area contributed by atoms with E-state index in [0.717, 1.165) is 42.4 Å². The number of nitrogens with zero attached hydrogens (tertiary/aromatic N) is 2. The van der Waals surface area contributed by atoms with Gasteiger partial charge in [0.25, 0.3) is 5.91 Å². The number of aryl methyl sites for hydroxylation is 3. The van der Waals surface area contributed by atoms with Gasteiger partial charge in [-0.25, -0.2) is 0 Å². The first-order chi connectivity index (χ1) is 13.9. The molecule has 1 saturated carbocycles. The molecule has 3 heteroatoms. The highest BCUT2D eigenvalue weighted by molar-refractivity contribution is 6.46. The Bertz CT molecular complexity index is 978. The standard InChI is InChI=1S/C26H30N2O/c1-18-8-11-22(12-9-18)24-25(29)28(26(27-24)14-6-5-7-15-26)17-21(4)23-13-10-19(2)20(3)16-23/h8-13,16H,4-7,14-15,17H2,1-3H3. The van der Waals surface area contributed by atoms with Gasteiger partial charge in [-0.3, -0.25) is 9.79 Å². The molecule has 0 radical (unpaired) electrons. The molecule has 0 unspecified atom stereocenters. The lowest BCUT2D eigenvalue weighted by Gasteiger charge is -2.39. The van der Waals surface area contributed by atoms with Crippen LogP contribution in [-0.2, 0) is 4.79 Å². The second-order valence-electron chi connectivity index (χ2n) is 8.66. The monoisotopic (exact) mass is 386 g/mol. The summed E-state index contributed by atoms with van der Waals surface area (Å²) in [7, 11) is 0. The summed E-state index contributed by atoms with van der Waals surface area (Å²) in [5, 5.41) is 0. The molecule has 2 aliphatic rings. The topological polar surface area (TPSA) is 32.7 Å². The number of amides is 1. The highest BCUT2D eigenvalue weighted by Crippen LogP contribution is 2.40. The van der Waals surface area contributed by atoms with Crippen molar-refractivity contribution in [1.29, 1.82) is 0 Å². The molecular weight excluding hydrogens is 356 g/mol. The molecular formula is C26H30N2O. The van der Waals surface area contributed by atoms with Crippen LogP contribution in [0.4, 0.5) is 0 Å². The van der Waals surface area contributed by atoms with Crippen molar-refractivity contribution in [3.8, 4) is 0 Å². The maximum Gasteiger partial charge on any atom is 0.274 e. The van der Waals surface area contributed by atoms with E-state index in [0.29, 0.717) is 12.3 Å². The average Bonchev–Trinajstić information content (AvgIpc) is 2.97. The van der Waals surface area contributed by atoms with Gasteiger partial charge in [0.2, 0.25) is 0 Å². The third kappa shape index (κ3) is 3.66. The highest BCUT2D eigenvalue weighted by atomic mass is 16.2. The molecule has 2 aromatic carbocycles. The summed E-state index contributed by atoms with van der Waals surface area (Å²) < 4.78 is 0. The highest BCUT2D eigenvalue weighted by Gasteiger charge is 2.47. The second kappa shape index (κ2) is 7.62. The van der Waals surface area contributed by atoms with Crippen molar-refractivity contribution in [3.05, 3.63) is 76.9 Å². The molecule has 0 N–H and O–H groups in total. The van der Waals surface area contributed by atoms with Gasteiger partial charge in [-0.2, -0.15) is 0 Å². The maximum absolute atomic E-state index is 13.5. The summed E-state index contributed by atoms with van der Waals surface area (Å²) in [5.41, 5.74) is 6.92. The molecule has 1 spiro atoms. The molecule has 29 heavy (non-hydrogen) atoms. The number of hydrogen-bond donors (Lipinski definition) is 0. The molecule has 2 aromatic rings. The van der Waals surface area contributed by atoms with Gasteiger partial charge >= 0.3 is 0 Å². The zero-order chi connectivity index (χ0) is 20.6. The van der Waals surface area contributed by atoms with Crippen molar-refractivity contribution < 1.29 is 4.79 Å². The summed E-state index contributed by atoms with van der Waals surface area (Å²) in [6, 6.07) is 14.6. The lowest BCUT2D eigenvalue weighted by atomic mass is 9.88. The number of rotatable bonds is 4. The summed E-state index contributed by atoms with van der Waals surface area (Å²) in [6.07, 6.45) is 5.33. The molecule has 1 fully saturated rings. The first kappa shape index (κ1) is 19.6. The maximum atomic E-state index is 13.5. The van der Waals surface area contributed by atoms with Crippen molar-refractivity contribution >= 4 is 17.2 Å². The van der Waals surface area contributed by atoms with Crippen LogP contribution < -0.4 is 0 Å². The van der Waals surface area contributed by atoms with E-state index in [1.165, 1.54) is 23.1 Å². The van der Waals surface area contributed by atoms with Gasteiger partial charge in [0.15, 0.2) is 0 Å². The molecule has 1 aliphatic heterocycles. The zero-order valence-corrected chi connectivity index (χ0v) is 17.8. The van der Waals surface area contributed by atoms with Crippen molar-refractivity contribution in [1.82, 2.24) is 4.90 Å². The molecule has 150 valence electrons. The molecule has 0 saturated heterocycles. The third-order valence-corrected chi connectivity index (χ3v) is 6.51. The van der Waals surface area contributed by atoms with Crippen LogP contribution in [0.2, 0.25) is 0 Å². The molecule has 0 atom stereocenters. The summed E-state index contributed by atoms with van der Waals surface area (Å²) in [6.45, 7) is 11.2. The van der Waals surface area contributed by atoms with Crippen molar-refractivity contribution in [2.24, 2.45) is 4.99 Å². The summed E-state index contributed by atoms with van der Waals surface area (Å²) in [4.78, 5) is 20.6. The minimum Gasteiger partial charge on any atom is -0.308 e. The number of carbonyl (C=O) groups excluding carboxylic acids is 1. The van der Waals surface area contributed by atoms with Crippen LogP contribution in [-0.4, -0.2) is 28.7 Å². The van der Waals surface area contributed by atoms with E-state index in [-0.39, 0.29) is 5.91 Å². The Hall–Kier alpha value is -2.68. The molecule has 1 heterocycles. The van der Waals surface area contributed by atoms with E-state index in [4.69, 9.17) is 4.99 Å². The van der Waals surface area contributed by atoms with Crippen LogP contribution in [0.3, 0.4) is 0 Å². The number of hydrogen-bond acceptors (Lipinski definition) is 2. The number of aliphatic imine (C=N–C) groups is 1. The van der Waals surface area contributed by atoms with E-state index in [9.17, 15) is 4.79 Å². The molecule has 0 bridgehead atoms. The van der Waals surface area contributed by atoms with E-state index in [1.54, 1.807) is 0 Å². The average molecular weight is 387 g/mol. The fourth-order valence-electron chi connectivity index (χ4n) is 4.49. The Morgan fingerprint density at radius 2 is 1.69 bits per heavy atom. The lowest BCUT2D eigenvalue weighted by molar-refractivity contribution is -0.127. The van der Waals surface area contributed by atoms with Gasteiger partial charge in [-0.05, 0) is 68.7 Å². The van der Waals surface area contributed by atoms with E-state index in [2.05, 4.69) is 57.7 Å². The van der Waals surface area contributed by atoms with E-state index >= 15 is 0 Å². The predicted octanol–water partition coefficient (Wildman–Crippen LogP) is 5.62. The molecule has 4 rings (SSSR count). The van der Waals surface area contributed by atoms with E-state index in [1.807, 2.05) is 17.0 Å². The smallest absolute Gasteiger partial charge is 0.274 e. The second-order valence-corrected chi connectivity index (χ2v) is 8.66.